The second-order valence-corrected chi connectivity index (χ2v) is 5.18. The van der Waals surface area contributed by atoms with Crippen LogP contribution in [0, 0.1) is 6.92 Å². The predicted molar refractivity (Wildman–Crippen MR) is 85.3 cm³/mol. The van der Waals surface area contributed by atoms with Crippen LogP contribution in [0.25, 0.3) is 10.9 Å². The highest BCUT2D eigenvalue weighted by Crippen LogP contribution is 2.24. The summed E-state index contributed by atoms with van der Waals surface area (Å²) in [5, 5.41) is 5.38. The lowest BCUT2D eigenvalue weighted by molar-refractivity contribution is 1.14. The predicted octanol–water partition coefficient (Wildman–Crippen LogP) is 4.81. The summed E-state index contributed by atoms with van der Waals surface area (Å²) in [5.41, 5.74) is 4.19. The Balaban J connectivity index is 1.93. The molecule has 2 nitrogen and oxygen atoms in total. The molecule has 0 aliphatic rings. The van der Waals surface area contributed by atoms with E-state index in [9.17, 15) is 0 Å². The standard InChI is InChI=1S/C17H15ClN2/c1-12-10-17(14-7-3-5-9-16(14)20-12)19-11-13-6-2-4-8-15(13)18/h2-10H,11H2,1H3,(H,19,20). The summed E-state index contributed by atoms with van der Waals surface area (Å²) in [6.07, 6.45) is 0. The molecule has 0 aliphatic carbocycles. The van der Waals surface area contributed by atoms with Gasteiger partial charge < -0.3 is 5.32 Å². The molecule has 1 aromatic heterocycles. The van der Waals surface area contributed by atoms with Gasteiger partial charge in [0.25, 0.3) is 0 Å². The maximum absolute atomic E-state index is 6.19. The van der Waals surface area contributed by atoms with E-state index in [2.05, 4.69) is 22.4 Å². The molecule has 20 heavy (non-hydrogen) atoms. The van der Waals surface area contributed by atoms with E-state index in [0.29, 0.717) is 6.54 Å². The molecule has 0 unspecified atom stereocenters. The molecule has 0 atom stereocenters. The SMILES string of the molecule is Cc1cc(NCc2ccccc2Cl)c2ccccc2n1. The summed E-state index contributed by atoms with van der Waals surface area (Å²) in [6, 6.07) is 18.1. The van der Waals surface area contributed by atoms with E-state index in [0.717, 1.165) is 32.9 Å². The molecule has 0 spiro atoms. The van der Waals surface area contributed by atoms with Crippen molar-refractivity contribution in [2.45, 2.75) is 13.5 Å². The highest BCUT2D eigenvalue weighted by atomic mass is 35.5. The molecule has 0 radical (unpaired) electrons. The van der Waals surface area contributed by atoms with Crippen LogP contribution < -0.4 is 5.32 Å². The number of aromatic nitrogens is 1. The Bertz CT molecular complexity index is 753. The summed E-state index contributed by atoms with van der Waals surface area (Å²) in [5.74, 6) is 0. The van der Waals surface area contributed by atoms with Crippen LogP contribution in [0.4, 0.5) is 5.69 Å². The number of hydrogen-bond acceptors (Lipinski definition) is 2. The molecule has 1 heterocycles. The molecule has 0 fully saturated rings. The smallest absolute Gasteiger partial charge is 0.0725 e. The van der Waals surface area contributed by atoms with Crippen molar-refractivity contribution in [3.05, 3.63) is 70.9 Å². The molecule has 1 N–H and O–H groups in total. The summed E-state index contributed by atoms with van der Waals surface area (Å²) < 4.78 is 0. The Morgan fingerprint density at radius 3 is 2.65 bits per heavy atom. The number of nitrogens with one attached hydrogen (secondary N) is 1. The van der Waals surface area contributed by atoms with Crippen molar-refractivity contribution in [2.24, 2.45) is 0 Å². The normalized spacial score (nSPS) is 10.7. The quantitative estimate of drug-likeness (QED) is 0.746. The number of anilines is 1. The number of nitrogens with zero attached hydrogens (tertiary/aromatic N) is 1. The first-order valence-electron chi connectivity index (χ1n) is 6.58. The van der Waals surface area contributed by atoms with Gasteiger partial charge in [0.2, 0.25) is 0 Å². The fraction of sp³-hybridized carbons (Fsp3) is 0.118. The number of fused-ring (bicyclic) bond motifs is 1. The maximum atomic E-state index is 6.19. The minimum atomic E-state index is 0.702. The van der Waals surface area contributed by atoms with Crippen LogP contribution in [-0.4, -0.2) is 4.98 Å². The zero-order valence-electron chi connectivity index (χ0n) is 11.2. The van der Waals surface area contributed by atoms with Gasteiger partial charge in [-0.3, -0.25) is 4.98 Å². The lowest BCUT2D eigenvalue weighted by atomic mass is 10.1. The second-order valence-electron chi connectivity index (χ2n) is 4.77. The van der Waals surface area contributed by atoms with E-state index < -0.39 is 0 Å². The lowest BCUT2D eigenvalue weighted by Crippen LogP contribution is -2.01. The van der Waals surface area contributed by atoms with Gasteiger partial charge >= 0.3 is 0 Å². The third-order valence-corrected chi connectivity index (χ3v) is 3.64. The number of halogens is 1. The number of para-hydroxylation sites is 1. The molecule has 0 saturated carbocycles. The third kappa shape index (κ3) is 2.61. The van der Waals surface area contributed by atoms with E-state index >= 15 is 0 Å². The van der Waals surface area contributed by atoms with Crippen molar-refractivity contribution in [3.63, 3.8) is 0 Å². The van der Waals surface area contributed by atoms with Crippen LogP contribution in [-0.2, 0) is 6.54 Å². The molecule has 0 bridgehead atoms. The summed E-state index contributed by atoms with van der Waals surface area (Å²) >= 11 is 6.19. The highest BCUT2D eigenvalue weighted by molar-refractivity contribution is 6.31. The van der Waals surface area contributed by atoms with Crippen molar-refractivity contribution in [1.29, 1.82) is 0 Å². The Hall–Kier alpha value is -2.06. The largest absolute Gasteiger partial charge is 0.380 e. The van der Waals surface area contributed by atoms with E-state index in [1.807, 2.05) is 49.4 Å². The minimum absolute atomic E-state index is 0.702. The summed E-state index contributed by atoms with van der Waals surface area (Å²) in [7, 11) is 0. The molecule has 0 aliphatic heterocycles. The number of hydrogen-bond donors (Lipinski definition) is 1. The fourth-order valence-electron chi connectivity index (χ4n) is 2.29. The Morgan fingerprint density at radius 1 is 1.05 bits per heavy atom. The Kier molecular flexibility index (Phi) is 3.57. The van der Waals surface area contributed by atoms with E-state index in [-0.39, 0.29) is 0 Å². The molecular formula is C17H15ClN2. The maximum Gasteiger partial charge on any atom is 0.0725 e. The lowest BCUT2D eigenvalue weighted by Gasteiger charge is -2.11. The van der Waals surface area contributed by atoms with Crippen LogP contribution in [0.5, 0.6) is 0 Å². The van der Waals surface area contributed by atoms with Crippen LogP contribution in [0.2, 0.25) is 5.02 Å². The van der Waals surface area contributed by atoms with Crippen molar-refractivity contribution in [3.8, 4) is 0 Å². The molecule has 2 aromatic carbocycles. The molecule has 0 saturated heterocycles. The first-order valence-corrected chi connectivity index (χ1v) is 6.95. The zero-order valence-corrected chi connectivity index (χ0v) is 12.0. The average molecular weight is 283 g/mol. The van der Waals surface area contributed by atoms with Gasteiger partial charge in [0.15, 0.2) is 0 Å². The van der Waals surface area contributed by atoms with Crippen molar-refractivity contribution in [1.82, 2.24) is 4.98 Å². The number of benzene rings is 2. The van der Waals surface area contributed by atoms with Crippen molar-refractivity contribution >= 4 is 28.2 Å². The molecule has 0 amide bonds. The first kappa shape index (κ1) is 12.9. The van der Waals surface area contributed by atoms with Gasteiger partial charge in [0.05, 0.1) is 5.52 Å². The van der Waals surface area contributed by atoms with Gasteiger partial charge in [-0.05, 0) is 30.7 Å². The topological polar surface area (TPSA) is 24.9 Å². The van der Waals surface area contributed by atoms with Gasteiger partial charge in [-0.25, -0.2) is 0 Å². The van der Waals surface area contributed by atoms with E-state index in [4.69, 9.17) is 11.6 Å². The van der Waals surface area contributed by atoms with Gasteiger partial charge in [-0.2, -0.15) is 0 Å². The molecule has 3 heteroatoms. The van der Waals surface area contributed by atoms with E-state index in [1.165, 1.54) is 0 Å². The molecule has 3 aromatic rings. The van der Waals surface area contributed by atoms with Crippen LogP contribution in [0.15, 0.2) is 54.6 Å². The molecule has 3 rings (SSSR count). The van der Waals surface area contributed by atoms with Gasteiger partial charge in [-0.15, -0.1) is 0 Å². The monoisotopic (exact) mass is 282 g/mol. The number of rotatable bonds is 3. The Morgan fingerprint density at radius 2 is 1.80 bits per heavy atom. The van der Waals surface area contributed by atoms with Gasteiger partial charge in [0.1, 0.15) is 0 Å². The van der Waals surface area contributed by atoms with E-state index in [1.54, 1.807) is 0 Å². The molecule has 100 valence electrons. The minimum Gasteiger partial charge on any atom is -0.380 e. The van der Waals surface area contributed by atoms with Crippen molar-refractivity contribution in [2.75, 3.05) is 5.32 Å². The van der Waals surface area contributed by atoms with Gasteiger partial charge in [-0.1, -0.05) is 48.0 Å². The number of pyridine rings is 1. The summed E-state index contributed by atoms with van der Waals surface area (Å²) in [6.45, 7) is 2.71. The Labute approximate surface area is 123 Å². The van der Waals surface area contributed by atoms with Crippen molar-refractivity contribution < 1.29 is 0 Å². The van der Waals surface area contributed by atoms with Crippen LogP contribution >= 0.6 is 11.6 Å². The third-order valence-electron chi connectivity index (χ3n) is 3.27. The highest BCUT2D eigenvalue weighted by Gasteiger charge is 2.04. The number of aryl methyl sites for hydroxylation is 1. The first-order chi connectivity index (χ1) is 9.74. The average Bonchev–Trinajstić information content (AvgIpc) is 2.46. The van der Waals surface area contributed by atoms with Gasteiger partial charge in [0, 0.05) is 28.3 Å². The fourth-order valence-corrected chi connectivity index (χ4v) is 2.49. The molecular weight excluding hydrogens is 268 g/mol. The summed E-state index contributed by atoms with van der Waals surface area (Å²) in [4.78, 5) is 4.54. The van der Waals surface area contributed by atoms with Crippen LogP contribution in [0.1, 0.15) is 11.3 Å². The zero-order chi connectivity index (χ0) is 13.9. The van der Waals surface area contributed by atoms with Crippen LogP contribution in [0.3, 0.4) is 0 Å². The second kappa shape index (κ2) is 5.51.